The van der Waals surface area contributed by atoms with E-state index in [0.717, 1.165) is 29.3 Å². The van der Waals surface area contributed by atoms with E-state index < -0.39 is 0 Å². The second-order valence-corrected chi connectivity index (χ2v) is 6.16. The molecule has 0 saturated carbocycles. The number of fused-ring (bicyclic) bond motifs is 2. The molecule has 0 unspecified atom stereocenters. The van der Waals surface area contributed by atoms with Crippen molar-refractivity contribution in [2.45, 2.75) is 19.8 Å². The predicted molar refractivity (Wildman–Crippen MR) is 95.4 cm³/mol. The Bertz CT molecular complexity index is 1010. The second kappa shape index (κ2) is 5.20. The van der Waals surface area contributed by atoms with Gasteiger partial charge in [-0.15, -0.1) is 0 Å². The Morgan fingerprint density at radius 3 is 2.70 bits per heavy atom. The number of hydrogen-bond donors (Lipinski definition) is 1. The zero-order valence-electron chi connectivity index (χ0n) is 13.5. The number of aryl methyl sites for hydroxylation is 2. The predicted octanol–water partition coefficient (Wildman–Crippen LogP) is 4.78. The summed E-state index contributed by atoms with van der Waals surface area (Å²) in [4.78, 5) is 0. The summed E-state index contributed by atoms with van der Waals surface area (Å²) in [5, 5.41) is 13.8. The minimum absolute atomic E-state index is 0.313. The first-order valence-corrected chi connectivity index (χ1v) is 8.06. The van der Waals surface area contributed by atoms with Gasteiger partial charge in [0.2, 0.25) is 5.88 Å². The number of rotatable bonds is 3. The van der Waals surface area contributed by atoms with Gasteiger partial charge in [-0.2, -0.15) is 0 Å². The highest BCUT2D eigenvalue weighted by atomic mass is 16.3. The molecule has 0 radical (unpaired) electrons. The van der Waals surface area contributed by atoms with Crippen LogP contribution >= 0.6 is 0 Å². The molecule has 23 heavy (non-hydrogen) atoms. The third-order valence-corrected chi connectivity index (χ3v) is 4.54. The van der Waals surface area contributed by atoms with Gasteiger partial charge in [-0.05, 0) is 42.3 Å². The monoisotopic (exact) mass is 304 g/mol. The van der Waals surface area contributed by atoms with Gasteiger partial charge in [-0.1, -0.05) is 25.5 Å². The lowest BCUT2D eigenvalue weighted by molar-refractivity contribution is 0.448. The number of aromatic nitrogens is 2. The van der Waals surface area contributed by atoms with Gasteiger partial charge >= 0.3 is 0 Å². The molecule has 3 nitrogen and oxygen atoms in total. The van der Waals surface area contributed by atoms with Crippen LogP contribution in [0.5, 0.6) is 5.88 Å². The maximum absolute atomic E-state index is 10.7. The fourth-order valence-corrected chi connectivity index (χ4v) is 3.30. The maximum Gasteiger partial charge on any atom is 0.203 e. The van der Waals surface area contributed by atoms with Gasteiger partial charge in [-0.3, -0.25) is 4.57 Å². The first kappa shape index (κ1) is 13.9. The molecule has 3 heteroatoms. The molecule has 0 atom stereocenters. The Labute approximate surface area is 135 Å². The summed E-state index contributed by atoms with van der Waals surface area (Å²) < 4.78 is 3.97. The van der Waals surface area contributed by atoms with E-state index in [9.17, 15) is 5.11 Å². The molecule has 2 heterocycles. The molecule has 2 aromatic heterocycles. The SMILES string of the molecule is CCCc1ccc2cn(-c3ccc4c(ccn4C)c3)c(O)c2c1. The average molecular weight is 304 g/mol. The van der Waals surface area contributed by atoms with Crippen LogP contribution in [0.25, 0.3) is 27.4 Å². The molecule has 0 saturated heterocycles. The Balaban J connectivity index is 1.87. The number of hydrogen-bond acceptors (Lipinski definition) is 1. The molecule has 0 aliphatic carbocycles. The molecule has 1 N–H and O–H groups in total. The van der Waals surface area contributed by atoms with Crippen molar-refractivity contribution in [1.82, 2.24) is 9.13 Å². The van der Waals surface area contributed by atoms with E-state index in [4.69, 9.17) is 0 Å². The van der Waals surface area contributed by atoms with Crippen LogP contribution in [0.1, 0.15) is 18.9 Å². The van der Waals surface area contributed by atoms with E-state index in [1.165, 1.54) is 16.5 Å². The molecule has 0 amide bonds. The van der Waals surface area contributed by atoms with E-state index in [1.807, 2.05) is 23.9 Å². The van der Waals surface area contributed by atoms with Crippen molar-refractivity contribution in [3.63, 3.8) is 0 Å². The minimum Gasteiger partial charge on any atom is -0.494 e. The van der Waals surface area contributed by atoms with Gasteiger partial charge in [-0.25, -0.2) is 0 Å². The summed E-state index contributed by atoms with van der Waals surface area (Å²) in [6.07, 6.45) is 6.20. The minimum atomic E-state index is 0.313. The standard InChI is InChI=1S/C20H20N2O/c1-3-4-14-5-6-16-13-22(20(23)18(16)11-14)17-7-8-19-15(12-17)9-10-21(19)2/h5-13,23H,3-4H2,1-2H3. The molecular formula is C20H20N2O. The van der Waals surface area contributed by atoms with Crippen molar-refractivity contribution in [3.05, 3.63) is 60.4 Å². The van der Waals surface area contributed by atoms with Gasteiger partial charge in [0.25, 0.3) is 0 Å². The van der Waals surface area contributed by atoms with Crippen molar-refractivity contribution in [2.75, 3.05) is 0 Å². The summed E-state index contributed by atoms with van der Waals surface area (Å²) in [5.74, 6) is 0.313. The van der Waals surface area contributed by atoms with Crippen LogP contribution in [0.15, 0.2) is 54.9 Å². The van der Waals surface area contributed by atoms with Crippen LogP contribution in [-0.4, -0.2) is 14.2 Å². The summed E-state index contributed by atoms with van der Waals surface area (Å²) in [6, 6.07) is 14.7. The van der Waals surface area contributed by atoms with Gasteiger partial charge in [0, 0.05) is 46.8 Å². The van der Waals surface area contributed by atoms with Gasteiger partial charge < -0.3 is 9.67 Å². The lowest BCUT2D eigenvalue weighted by Gasteiger charge is -2.06. The Hall–Kier alpha value is -2.68. The lowest BCUT2D eigenvalue weighted by Crippen LogP contribution is -1.91. The van der Waals surface area contributed by atoms with E-state index in [-0.39, 0.29) is 0 Å². The quantitative estimate of drug-likeness (QED) is 0.580. The molecule has 0 fully saturated rings. The molecular weight excluding hydrogens is 284 g/mol. The molecule has 0 aliphatic rings. The van der Waals surface area contributed by atoms with Crippen LogP contribution in [0, 0.1) is 0 Å². The summed E-state index contributed by atoms with van der Waals surface area (Å²) >= 11 is 0. The average Bonchev–Trinajstić information content (AvgIpc) is 3.09. The van der Waals surface area contributed by atoms with Crippen LogP contribution in [-0.2, 0) is 13.5 Å². The first-order chi connectivity index (χ1) is 11.2. The van der Waals surface area contributed by atoms with Gasteiger partial charge in [0.1, 0.15) is 0 Å². The summed E-state index contributed by atoms with van der Waals surface area (Å²) in [5.41, 5.74) is 3.44. The topological polar surface area (TPSA) is 30.1 Å². The Kier molecular flexibility index (Phi) is 3.15. The van der Waals surface area contributed by atoms with Crippen molar-refractivity contribution in [2.24, 2.45) is 7.05 Å². The Morgan fingerprint density at radius 1 is 1.00 bits per heavy atom. The van der Waals surface area contributed by atoms with E-state index in [0.29, 0.717) is 5.88 Å². The van der Waals surface area contributed by atoms with Crippen LogP contribution in [0.4, 0.5) is 0 Å². The number of aromatic hydroxyl groups is 1. The van der Waals surface area contributed by atoms with Crippen LogP contribution in [0.3, 0.4) is 0 Å². The smallest absolute Gasteiger partial charge is 0.203 e. The van der Waals surface area contributed by atoms with E-state index in [1.54, 1.807) is 0 Å². The van der Waals surface area contributed by atoms with Crippen molar-refractivity contribution >= 4 is 21.7 Å². The molecule has 4 aromatic rings. The zero-order chi connectivity index (χ0) is 16.0. The number of benzene rings is 2. The normalized spacial score (nSPS) is 11.6. The maximum atomic E-state index is 10.7. The highest BCUT2D eigenvalue weighted by Crippen LogP contribution is 2.32. The van der Waals surface area contributed by atoms with Crippen LogP contribution in [0.2, 0.25) is 0 Å². The van der Waals surface area contributed by atoms with Crippen LogP contribution < -0.4 is 0 Å². The molecule has 2 aromatic carbocycles. The van der Waals surface area contributed by atoms with Crippen molar-refractivity contribution in [1.29, 1.82) is 0 Å². The fourth-order valence-electron chi connectivity index (χ4n) is 3.30. The van der Waals surface area contributed by atoms with Gasteiger partial charge in [0.05, 0.1) is 0 Å². The highest BCUT2D eigenvalue weighted by molar-refractivity contribution is 5.90. The molecule has 0 spiro atoms. The Morgan fingerprint density at radius 2 is 1.87 bits per heavy atom. The van der Waals surface area contributed by atoms with Gasteiger partial charge in [0.15, 0.2) is 0 Å². The summed E-state index contributed by atoms with van der Waals surface area (Å²) in [6.45, 7) is 2.17. The van der Waals surface area contributed by atoms with Crippen molar-refractivity contribution in [3.8, 4) is 11.6 Å². The first-order valence-electron chi connectivity index (χ1n) is 8.06. The molecule has 116 valence electrons. The highest BCUT2D eigenvalue weighted by Gasteiger charge is 2.11. The van der Waals surface area contributed by atoms with Crippen molar-refractivity contribution < 1.29 is 5.11 Å². The molecule has 0 bridgehead atoms. The number of nitrogens with zero attached hydrogens (tertiary/aromatic N) is 2. The zero-order valence-corrected chi connectivity index (χ0v) is 13.5. The largest absolute Gasteiger partial charge is 0.494 e. The van der Waals surface area contributed by atoms with E-state index in [2.05, 4.69) is 54.1 Å². The third-order valence-electron chi connectivity index (χ3n) is 4.54. The summed E-state index contributed by atoms with van der Waals surface area (Å²) in [7, 11) is 2.04. The third kappa shape index (κ3) is 2.20. The molecule has 0 aliphatic heterocycles. The molecule has 4 rings (SSSR count). The van der Waals surface area contributed by atoms with E-state index >= 15 is 0 Å². The lowest BCUT2D eigenvalue weighted by atomic mass is 10.1. The fraction of sp³-hybridized carbons (Fsp3) is 0.200. The second-order valence-electron chi connectivity index (χ2n) is 6.16.